The minimum absolute atomic E-state index is 0.114. The molecule has 0 spiro atoms. The summed E-state index contributed by atoms with van der Waals surface area (Å²) in [6, 6.07) is 22.9. The van der Waals surface area contributed by atoms with Crippen molar-refractivity contribution in [1.82, 2.24) is 14.5 Å². The Morgan fingerprint density at radius 2 is 1.69 bits per heavy atom. The minimum Gasteiger partial charge on any atom is -0.368 e. The highest BCUT2D eigenvalue weighted by molar-refractivity contribution is 7.99. The molecule has 1 fully saturated rings. The second-order valence-corrected chi connectivity index (χ2v) is 9.49. The quantitative estimate of drug-likeness (QED) is 0.332. The number of thioether (sulfide) groups is 1. The Balaban J connectivity index is 1.25. The number of anilines is 1. The second-order valence-electron chi connectivity index (χ2n) is 8.55. The molecule has 0 bridgehead atoms. The molecule has 3 aromatic carbocycles. The summed E-state index contributed by atoms with van der Waals surface area (Å²) in [5.74, 6) is 0.219. The van der Waals surface area contributed by atoms with Gasteiger partial charge < -0.3 is 14.4 Å². The molecule has 0 aliphatic carbocycles. The Labute approximate surface area is 208 Å². The Hall–Kier alpha value is -3.58. The zero-order valence-electron chi connectivity index (χ0n) is 19.4. The molecule has 0 atom stereocenters. The first-order valence-corrected chi connectivity index (χ1v) is 12.7. The van der Waals surface area contributed by atoms with Crippen molar-refractivity contribution in [1.29, 1.82) is 0 Å². The number of benzene rings is 3. The normalized spacial score (nSPS) is 13.9. The van der Waals surface area contributed by atoms with Gasteiger partial charge in [0.2, 0.25) is 5.91 Å². The number of fused-ring (bicyclic) bond motifs is 1. The van der Waals surface area contributed by atoms with Crippen LogP contribution in [0.25, 0.3) is 17.1 Å². The summed E-state index contributed by atoms with van der Waals surface area (Å²) >= 11 is 1.49. The van der Waals surface area contributed by atoms with E-state index in [1.54, 1.807) is 12.1 Å². The molecule has 0 unspecified atom stereocenters. The SMILES string of the molecule is C=Cc1ccc(Cn2c(SCC(=O)N3CCN(c4ccc(F)cc4)CC3)nc3ccccc32)cc1. The van der Waals surface area contributed by atoms with E-state index in [9.17, 15) is 9.18 Å². The molecule has 35 heavy (non-hydrogen) atoms. The van der Waals surface area contributed by atoms with Crippen molar-refractivity contribution in [3.05, 3.63) is 96.3 Å². The summed E-state index contributed by atoms with van der Waals surface area (Å²) in [7, 11) is 0. The lowest BCUT2D eigenvalue weighted by Gasteiger charge is -2.36. The summed E-state index contributed by atoms with van der Waals surface area (Å²) in [4.78, 5) is 21.9. The smallest absolute Gasteiger partial charge is 0.233 e. The third-order valence-electron chi connectivity index (χ3n) is 6.32. The van der Waals surface area contributed by atoms with E-state index >= 15 is 0 Å². The van der Waals surface area contributed by atoms with Gasteiger partial charge in [-0.2, -0.15) is 0 Å². The van der Waals surface area contributed by atoms with E-state index < -0.39 is 0 Å². The molecule has 0 radical (unpaired) electrons. The Bertz CT molecular complexity index is 1330. The van der Waals surface area contributed by atoms with E-state index in [2.05, 4.69) is 46.4 Å². The molecule has 1 saturated heterocycles. The first-order valence-electron chi connectivity index (χ1n) is 11.7. The summed E-state index contributed by atoms with van der Waals surface area (Å²) < 4.78 is 15.4. The molecule has 1 aromatic heterocycles. The van der Waals surface area contributed by atoms with Crippen LogP contribution in [0.1, 0.15) is 11.1 Å². The van der Waals surface area contributed by atoms with Gasteiger partial charge in [0.15, 0.2) is 5.16 Å². The van der Waals surface area contributed by atoms with Crippen LogP contribution in [0, 0.1) is 5.82 Å². The first-order chi connectivity index (χ1) is 17.1. The predicted octanol–water partition coefficient (Wildman–Crippen LogP) is 5.31. The lowest BCUT2D eigenvalue weighted by Crippen LogP contribution is -2.49. The van der Waals surface area contributed by atoms with E-state index in [0.717, 1.165) is 40.5 Å². The standard InChI is InChI=1S/C28H27FN4OS/c1-2-21-7-9-22(10-8-21)19-33-26-6-4-3-5-25(26)30-28(33)35-20-27(34)32-17-15-31(16-18-32)24-13-11-23(29)12-14-24/h2-14H,1,15-20H2. The average Bonchev–Trinajstić information content (AvgIpc) is 3.25. The number of hydrogen-bond donors (Lipinski definition) is 0. The van der Waals surface area contributed by atoms with Crippen molar-refractivity contribution >= 4 is 40.5 Å². The highest BCUT2D eigenvalue weighted by Crippen LogP contribution is 2.26. The van der Waals surface area contributed by atoms with Gasteiger partial charge in [0.25, 0.3) is 0 Å². The van der Waals surface area contributed by atoms with Gasteiger partial charge in [0, 0.05) is 31.9 Å². The number of halogens is 1. The molecule has 5 nitrogen and oxygen atoms in total. The fourth-order valence-corrected chi connectivity index (χ4v) is 5.26. The molecule has 4 aromatic rings. The molecule has 1 amide bonds. The Kier molecular flexibility index (Phi) is 6.86. The number of aromatic nitrogens is 2. The fraction of sp³-hybridized carbons (Fsp3) is 0.214. The van der Waals surface area contributed by atoms with Crippen LogP contribution in [0.4, 0.5) is 10.1 Å². The van der Waals surface area contributed by atoms with E-state index in [4.69, 9.17) is 4.98 Å². The molecule has 1 aliphatic rings. The van der Waals surface area contributed by atoms with Crippen LogP contribution in [-0.2, 0) is 11.3 Å². The van der Waals surface area contributed by atoms with E-state index in [1.807, 2.05) is 29.2 Å². The van der Waals surface area contributed by atoms with Gasteiger partial charge in [0.1, 0.15) is 5.82 Å². The largest absolute Gasteiger partial charge is 0.368 e. The van der Waals surface area contributed by atoms with Crippen LogP contribution < -0.4 is 4.90 Å². The van der Waals surface area contributed by atoms with Crippen LogP contribution in [0.5, 0.6) is 0 Å². The molecule has 1 aliphatic heterocycles. The Morgan fingerprint density at radius 3 is 2.40 bits per heavy atom. The molecule has 0 N–H and O–H groups in total. The van der Waals surface area contributed by atoms with Gasteiger partial charge >= 0.3 is 0 Å². The first kappa shape index (κ1) is 23.2. The molecule has 2 heterocycles. The Morgan fingerprint density at radius 1 is 0.971 bits per heavy atom. The van der Waals surface area contributed by atoms with Gasteiger partial charge in [0.05, 0.1) is 23.3 Å². The summed E-state index contributed by atoms with van der Waals surface area (Å²) in [6.45, 7) is 7.29. The summed E-state index contributed by atoms with van der Waals surface area (Å²) in [6.07, 6.45) is 1.84. The van der Waals surface area contributed by atoms with Crippen molar-refractivity contribution < 1.29 is 9.18 Å². The number of nitrogens with zero attached hydrogens (tertiary/aromatic N) is 4. The molecule has 5 rings (SSSR count). The van der Waals surface area contributed by atoms with Crippen LogP contribution in [0.15, 0.2) is 84.5 Å². The van der Waals surface area contributed by atoms with Gasteiger partial charge in [-0.15, -0.1) is 0 Å². The maximum Gasteiger partial charge on any atom is 0.233 e. The second kappa shape index (κ2) is 10.4. The maximum absolute atomic E-state index is 13.2. The van der Waals surface area contributed by atoms with Crippen molar-refractivity contribution in [3.63, 3.8) is 0 Å². The van der Waals surface area contributed by atoms with Gasteiger partial charge in [-0.05, 0) is 47.5 Å². The predicted molar refractivity (Wildman–Crippen MR) is 141 cm³/mol. The van der Waals surface area contributed by atoms with Crippen LogP contribution in [0.2, 0.25) is 0 Å². The highest BCUT2D eigenvalue weighted by Gasteiger charge is 2.22. The number of piperazine rings is 1. The minimum atomic E-state index is -0.237. The molecular formula is C28H27FN4OS. The van der Waals surface area contributed by atoms with Crippen LogP contribution in [0.3, 0.4) is 0 Å². The van der Waals surface area contributed by atoms with E-state index in [0.29, 0.717) is 25.4 Å². The van der Waals surface area contributed by atoms with Gasteiger partial charge in [-0.25, -0.2) is 9.37 Å². The number of carbonyl (C=O) groups is 1. The van der Waals surface area contributed by atoms with Gasteiger partial charge in [-0.3, -0.25) is 4.79 Å². The van der Waals surface area contributed by atoms with Crippen molar-refractivity contribution in [2.75, 3.05) is 36.8 Å². The number of imidazole rings is 1. The van der Waals surface area contributed by atoms with Crippen molar-refractivity contribution in [2.45, 2.75) is 11.7 Å². The molecule has 7 heteroatoms. The lowest BCUT2D eigenvalue weighted by molar-refractivity contribution is -0.128. The molecular weight excluding hydrogens is 459 g/mol. The van der Waals surface area contributed by atoms with Crippen molar-refractivity contribution in [3.8, 4) is 0 Å². The molecule has 178 valence electrons. The number of amides is 1. The van der Waals surface area contributed by atoms with Crippen LogP contribution >= 0.6 is 11.8 Å². The number of hydrogen-bond acceptors (Lipinski definition) is 4. The topological polar surface area (TPSA) is 41.4 Å². The third kappa shape index (κ3) is 5.25. The average molecular weight is 487 g/mol. The number of para-hydroxylation sites is 2. The zero-order chi connectivity index (χ0) is 24.2. The third-order valence-corrected chi connectivity index (χ3v) is 7.29. The van der Waals surface area contributed by atoms with E-state index in [-0.39, 0.29) is 11.7 Å². The summed E-state index contributed by atoms with van der Waals surface area (Å²) in [5, 5.41) is 0.845. The number of carbonyl (C=O) groups excluding carboxylic acids is 1. The van der Waals surface area contributed by atoms with Gasteiger partial charge in [-0.1, -0.05) is 60.8 Å². The lowest BCUT2D eigenvalue weighted by atomic mass is 10.1. The zero-order valence-corrected chi connectivity index (χ0v) is 20.3. The van der Waals surface area contributed by atoms with Crippen LogP contribution in [-0.4, -0.2) is 52.3 Å². The van der Waals surface area contributed by atoms with E-state index in [1.165, 1.54) is 29.5 Å². The monoisotopic (exact) mass is 486 g/mol. The maximum atomic E-state index is 13.2. The highest BCUT2D eigenvalue weighted by atomic mass is 32.2. The molecule has 0 saturated carbocycles. The van der Waals surface area contributed by atoms with Crippen molar-refractivity contribution in [2.24, 2.45) is 0 Å². The number of rotatable bonds is 7. The fourth-order valence-electron chi connectivity index (χ4n) is 4.34. The summed E-state index contributed by atoms with van der Waals surface area (Å²) in [5.41, 5.74) is 5.23.